The second kappa shape index (κ2) is 7.12. The smallest absolute Gasteiger partial charge is 0.273 e. The molecule has 1 unspecified atom stereocenters. The lowest BCUT2D eigenvalue weighted by atomic mass is 10.0. The van der Waals surface area contributed by atoms with Crippen LogP contribution in [0, 0.1) is 5.92 Å². The first kappa shape index (κ1) is 16.5. The molecule has 0 aliphatic carbocycles. The number of amides is 1. The topological polar surface area (TPSA) is 49.3 Å². The summed E-state index contributed by atoms with van der Waals surface area (Å²) in [6, 6.07) is 4.13. The SMILES string of the molecule is CC1CCCN(C(=O)c2csc(-c3ccc(N4CCCC4)nc3)n2)C1. The van der Waals surface area contributed by atoms with Crippen molar-refractivity contribution in [2.24, 2.45) is 5.92 Å². The number of pyridine rings is 1. The number of rotatable bonds is 3. The number of thiazole rings is 1. The summed E-state index contributed by atoms with van der Waals surface area (Å²) >= 11 is 1.52. The monoisotopic (exact) mass is 356 g/mol. The molecule has 1 atom stereocenters. The maximum Gasteiger partial charge on any atom is 0.273 e. The summed E-state index contributed by atoms with van der Waals surface area (Å²) in [5, 5.41) is 2.75. The van der Waals surface area contributed by atoms with Gasteiger partial charge in [0.1, 0.15) is 16.5 Å². The average Bonchev–Trinajstić information content (AvgIpc) is 3.33. The molecule has 4 heterocycles. The molecule has 2 aromatic rings. The fraction of sp³-hybridized carbons (Fsp3) is 0.526. The van der Waals surface area contributed by atoms with E-state index in [-0.39, 0.29) is 5.91 Å². The minimum Gasteiger partial charge on any atom is -0.357 e. The largest absolute Gasteiger partial charge is 0.357 e. The van der Waals surface area contributed by atoms with Gasteiger partial charge < -0.3 is 9.80 Å². The second-order valence-electron chi connectivity index (χ2n) is 7.14. The highest BCUT2D eigenvalue weighted by molar-refractivity contribution is 7.13. The van der Waals surface area contributed by atoms with Crippen molar-refractivity contribution in [2.45, 2.75) is 32.6 Å². The fourth-order valence-corrected chi connectivity index (χ4v) is 4.47. The maximum atomic E-state index is 12.7. The van der Waals surface area contributed by atoms with Gasteiger partial charge in [-0.2, -0.15) is 0 Å². The van der Waals surface area contributed by atoms with Crippen molar-refractivity contribution >= 4 is 23.1 Å². The standard InChI is InChI=1S/C19H24N4OS/c1-14-5-4-10-23(12-14)19(24)16-13-25-18(21-16)15-6-7-17(20-11-15)22-8-2-3-9-22/h6-7,11,13-14H,2-5,8-10,12H2,1H3. The van der Waals surface area contributed by atoms with Crippen molar-refractivity contribution in [3.63, 3.8) is 0 Å². The third kappa shape index (κ3) is 3.54. The van der Waals surface area contributed by atoms with E-state index in [1.807, 2.05) is 16.5 Å². The molecule has 132 valence electrons. The molecular weight excluding hydrogens is 332 g/mol. The first-order valence-electron chi connectivity index (χ1n) is 9.17. The Labute approximate surface area is 152 Å². The summed E-state index contributed by atoms with van der Waals surface area (Å²) in [5.74, 6) is 1.69. The number of hydrogen-bond donors (Lipinski definition) is 0. The molecule has 1 amide bonds. The summed E-state index contributed by atoms with van der Waals surface area (Å²) in [6.07, 6.45) is 6.67. The van der Waals surface area contributed by atoms with Gasteiger partial charge in [-0.15, -0.1) is 11.3 Å². The number of anilines is 1. The molecule has 5 nitrogen and oxygen atoms in total. The summed E-state index contributed by atoms with van der Waals surface area (Å²) in [5.41, 5.74) is 1.55. The Hall–Kier alpha value is -1.95. The Morgan fingerprint density at radius 2 is 2.04 bits per heavy atom. The van der Waals surface area contributed by atoms with Crippen LogP contribution in [0.15, 0.2) is 23.7 Å². The third-order valence-electron chi connectivity index (χ3n) is 5.09. The average molecular weight is 356 g/mol. The van der Waals surface area contributed by atoms with E-state index in [0.717, 1.165) is 49.0 Å². The maximum absolute atomic E-state index is 12.7. The molecule has 0 aromatic carbocycles. The molecule has 0 saturated carbocycles. The molecule has 25 heavy (non-hydrogen) atoms. The Balaban J connectivity index is 1.48. The predicted molar refractivity (Wildman–Crippen MR) is 101 cm³/mol. The highest BCUT2D eigenvalue weighted by atomic mass is 32.1. The van der Waals surface area contributed by atoms with Gasteiger partial charge >= 0.3 is 0 Å². The molecule has 2 aliphatic rings. The van der Waals surface area contributed by atoms with Crippen LogP contribution in [-0.2, 0) is 0 Å². The van der Waals surface area contributed by atoms with E-state index in [2.05, 4.69) is 33.9 Å². The fourth-order valence-electron chi connectivity index (χ4n) is 3.69. The molecule has 2 fully saturated rings. The molecule has 0 bridgehead atoms. The Morgan fingerprint density at radius 3 is 2.76 bits per heavy atom. The van der Waals surface area contributed by atoms with Crippen molar-refractivity contribution in [1.82, 2.24) is 14.9 Å². The molecule has 2 aliphatic heterocycles. The minimum atomic E-state index is 0.0655. The van der Waals surface area contributed by atoms with Gasteiger partial charge in [0, 0.05) is 43.3 Å². The Bertz CT molecular complexity index is 736. The zero-order valence-corrected chi connectivity index (χ0v) is 15.5. The number of hydrogen-bond acceptors (Lipinski definition) is 5. The third-order valence-corrected chi connectivity index (χ3v) is 5.98. The van der Waals surface area contributed by atoms with Crippen LogP contribution < -0.4 is 4.90 Å². The molecule has 6 heteroatoms. The Kier molecular flexibility index (Phi) is 4.70. The first-order chi connectivity index (χ1) is 12.2. The van der Waals surface area contributed by atoms with Gasteiger partial charge in [0.15, 0.2) is 0 Å². The predicted octanol–water partition coefficient (Wildman–Crippen LogP) is 3.68. The molecule has 0 spiro atoms. The lowest BCUT2D eigenvalue weighted by molar-refractivity contribution is 0.0678. The molecule has 2 aromatic heterocycles. The van der Waals surface area contributed by atoms with Gasteiger partial charge in [-0.1, -0.05) is 6.92 Å². The van der Waals surface area contributed by atoms with Gasteiger partial charge in [-0.3, -0.25) is 4.79 Å². The van der Waals surface area contributed by atoms with Gasteiger partial charge in [0.25, 0.3) is 5.91 Å². The highest BCUT2D eigenvalue weighted by Crippen LogP contribution is 2.27. The van der Waals surface area contributed by atoms with Crippen LogP contribution in [0.3, 0.4) is 0 Å². The van der Waals surface area contributed by atoms with Crippen LogP contribution in [0.4, 0.5) is 5.82 Å². The normalized spacial score (nSPS) is 20.9. The Morgan fingerprint density at radius 1 is 1.20 bits per heavy atom. The zero-order chi connectivity index (χ0) is 17.2. The number of aromatic nitrogens is 2. The van der Waals surface area contributed by atoms with Crippen molar-refractivity contribution < 1.29 is 4.79 Å². The van der Waals surface area contributed by atoms with E-state index in [0.29, 0.717) is 11.6 Å². The zero-order valence-electron chi connectivity index (χ0n) is 14.6. The van der Waals surface area contributed by atoms with E-state index < -0.39 is 0 Å². The van der Waals surface area contributed by atoms with E-state index in [1.165, 1.54) is 30.6 Å². The van der Waals surface area contributed by atoms with Gasteiger partial charge in [0.05, 0.1) is 0 Å². The number of nitrogens with zero attached hydrogens (tertiary/aromatic N) is 4. The summed E-state index contributed by atoms with van der Waals surface area (Å²) < 4.78 is 0. The van der Waals surface area contributed by atoms with E-state index in [4.69, 9.17) is 0 Å². The van der Waals surface area contributed by atoms with Crippen LogP contribution in [0.5, 0.6) is 0 Å². The quantitative estimate of drug-likeness (QED) is 0.842. The van der Waals surface area contributed by atoms with Gasteiger partial charge in [-0.25, -0.2) is 9.97 Å². The van der Waals surface area contributed by atoms with Gasteiger partial charge in [0.2, 0.25) is 0 Å². The van der Waals surface area contributed by atoms with Crippen molar-refractivity contribution in [3.05, 3.63) is 29.4 Å². The molecule has 0 radical (unpaired) electrons. The number of carbonyl (C=O) groups excluding carboxylic acids is 1. The minimum absolute atomic E-state index is 0.0655. The summed E-state index contributed by atoms with van der Waals surface area (Å²) in [4.78, 5) is 26.1. The van der Waals surface area contributed by atoms with Crippen LogP contribution >= 0.6 is 11.3 Å². The molecular formula is C19H24N4OS. The van der Waals surface area contributed by atoms with Crippen LogP contribution in [-0.4, -0.2) is 47.0 Å². The number of carbonyl (C=O) groups is 1. The number of piperidine rings is 1. The summed E-state index contributed by atoms with van der Waals surface area (Å²) in [7, 11) is 0. The van der Waals surface area contributed by atoms with Crippen LogP contribution in [0.25, 0.3) is 10.6 Å². The summed E-state index contributed by atoms with van der Waals surface area (Å²) in [6.45, 7) is 6.09. The lowest BCUT2D eigenvalue weighted by Gasteiger charge is -2.30. The van der Waals surface area contributed by atoms with Crippen molar-refractivity contribution in [1.29, 1.82) is 0 Å². The lowest BCUT2D eigenvalue weighted by Crippen LogP contribution is -2.39. The van der Waals surface area contributed by atoms with Gasteiger partial charge in [-0.05, 0) is 43.7 Å². The van der Waals surface area contributed by atoms with Crippen LogP contribution in [0.2, 0.25) is 0 Å². The highest BCUT2D eigenvalue weighted by Gasteiger charge is 2.24. The van der Waals surface area contributed by atoms with E-state index in [1.54, 1.807) is 0 Å². The molecule has 2 saturated heterocycles. The van der Waals surface area contributed by atoms with E-state index >= 15 is 0 Å². The molecule has 0 N–H and O–H groups in total. The second-order valence-corrected chi connectivity index (χ2v) is 7.99. The molecule has 4 rings (SSSR count). The van der Waals surface area contributed by atoms with E-state index in [9.17, 15) is 4.79 Å². The number of likely N-dealkylation sites (tertiary alicyclic amines) is 1. The van der Waals surface area contributed by atoms with Crippen LogP contribution in [0.1, 0.15) is 43.1 Å². The van der Waals surface area contributed by atoms with Crippen molar-refractivity contribution in [3.8, 4) is 10.6 Å². The van der Waals surface area contributed by atoms with Crippen molar-refractivity contribution in [2.75, 3.05) is 31.1 Å². The first-order valence-corrected chi connectivity index (χ1v) is 10.0.